The van der Waals surface area contributed by atoms with E-state index in [1.54, 1.807) is 16.2 Å². The number of aromatic nitrogens is 1. The zero-order valence-corrected chi connectivity index (χ0v) is 10.6. The zero-order chi connectivity index (χ0) is 12.0. The van der Waals surface area contributed by atoms with Gasteiger partial charge in [-0.3, -0.25) is 4.79 Å². The van der Waals surface area contributed by atoms with E-state index in [9.17, 15) is 4.79 Å². The summed E-state index contributed by atoms with van der Waals surface area (Å²) in [4.78, 5) is 17.8. The molecule has 1 heterocycles. The Morgan fingerprint density at radius 3 is 2.81 bits per heavy atom. The molecule has 1 rings (SSSR count). The first-order valence-electron chi connectivity index (χ1n) is 5.47. The molecule has 0 aliphatic heterocycles. The summed E-state index contributed by atoms with van der Waals surface area (Å²) in [5, 5.41) is 11.8. The van der Waals surface area contributed by atoms with Crippen molar-refractivity contribution in [2.75, 3.05) is 19.7 Å². The second-order valence-corrected chi connectivity index (χ2v) is 4.70. The van der Waals surface area contributed by atoms with Gasteiger partial charge in [-0.1, -0.05) is 6.92 Å². The van der Waals surface area contributed by atoms with Crippen LogP contribution in [-0.2, 0) is 11.2 Å². The van der Waals surface area contributed by atoms with E-state index in [0.29, 0.717) is 19.5 Å². The van der Waals surface area contributed by atoms with Gasteiger partial charge in [0.25, 0.3) is 0 Å². The average Bonchev–Trinajstić information content (AvgIpc) is 2.63. The zero-order valence-electron chi connectivity index (χ0n) is 9.77. The van der Waals surface area contributed by atoms with E-state index < -0.39 is 0 Å². The number of aliphatic hydroxyl groups is 1. The minimum Gasteiger partial charge on any atom is -0.395 e. The van der Waals surface area contributed by atoms with Gasteiger partial charge in [0, 0.05) is 18.5 Å². The lowest BCUT2D eigenvalue weighted by Gasteiger charge is -2.20. The Labute approximate surface area is 99.9 Å². The number of rotatable bonds is 6. The van der Waals surface area contributed by atoms with Gasteiger partial charge in [-0.25, -0.2) is 4.98 Å². The quantitative estimate of drug-likeness (QED) is 0.816. The lowest BCUT2D eigenvalue weighted by molar-refractivity contribution is -0.131. The molecule has 90 valence electrons. The Morgan fingerprint density at radius 2 is 2.31 bits per heavy atom. The van der Waals surface area contributed by atoms with Gasteiger partial charge < -0.3 is 10.0 Å². The summed E-state index contributed by atoms with van der Waals surface area (Å²) in [6.07, 6.45) is 1.24. The van der Waals surface area contributed by atoms with Crippen LogP contribution in [-0.4, -0.2) is 40.6 Å². The first-order valence-corrected chi connectivity index (χ1v) is 6.35. The SMILES string of the molecule is CCCN(CCO)C(=O)Cc1csc(C)n1. The summed E-state index contributed by atoms with van der Waals surface area (Å²) in [6, 6.07) is 0. The molecule has 1 N–H and O–H groups in total. The summed E-state index contributed by atoms with van der Waals surface area (Å²) in [6.45, 7) is 5.07. The number of hydrogen-bond acceptors (Lipinski definition) is 4. The van der Waals surface area contributed by atoms with Crippen molar-refractivity contribution in [2.45, 2.75) is 26.7 Å². The minimum absolute atomic E-state index is 0.0157. The van der Waals surface area contributed by atoms with Gasteiger partial charge in [0.15, 0.2) is 0 Å². The smallest absolute Gasteiger partial charge is 0.228 e. The molecule has 4 nitrogen and oxygen atoms in total. The maximum absolute atomic E-state index is 11.9. The third-order valence-corrected chi connectivity index (χ3v) is 3.04. The maximum atomic E-state index is 11.9. The molecular weight excluding hydrogens is 224 g/mol. The van der Waals surface area contributed by atoms with Crippen molar-refractivity contribution >= 4 is 17.2 Å². The number of carbonyl (C=O) groups excluding carboxylic acids is 1. The highest BCUT2D eigenvalue weighted by Crippen LogP contribution is 2.09. The molecule has 1 aromatic heterocycles. The summed E-state index contributed by atoms with van der Waals surface area (Å²) in [7, 11) is 0. The van der Waals surface area contributed by atoms with Crippen molar-refractivity contribution in [1.29, 1.82) is 0 Å². The molecule has 0 unspecified atom stereocenters. The fourth-order valence-corrected chi connectivity index (χ4v) is 2.12. The van der Waals surface area contributed by atoms with Gasteiger partial charge in [-0.05, 0) is 13.3 Å². The van der Waals surface area contributed by atoms with E-state index >= 15 is 0 Å². The van der Waals surface area contributed by atoms with Crippen molar-refractivity contribution in [3.05, 3.63) is 16.1 Å². The summed E-state index contributed by atoms with van der Waals surface area (Å²) < 4.78 is 0. The molecule has 0 radical (unpaired) electrons. The summed E-state index contributed by atoms with van der Waals surface area (Å²) in [5.41, 5.74) is 0.826. The lowest BCUT2D eigenvalue weighted by Crippen LogP contribution is -2.35. The van der Waals surface area contributed by atoms with Gasteiger partial charge in [0.2, 0.25) is 5.91 Å². The van der Waals surface area contributed by atoms with Crippen LogP contribution < -0.4 is 0 Å². The monoisotopic (exact) mass is 242 g/mol. The van der Waals surface area contributed by atoms with Crippen LogP contribution in [0.1, 0.15) is 24.0 Å². The third-order valence-electron chi connectivity index (χ3n) is 2.22. The Kier molecular flexibility index (Phi) is 5.42. The van der Waals surface area contributed by atoms with Crippen molar-refractivity contribution in [2.24, 2.45) is 0 Å². The molecule has 0 saturated heterocycles. The topological polar surface area (TPSA) is 53.4 Å². The molecule has 16 heavy (non-hydrogen) atoms. The predicted molar refractivity (Wildman–Crippen MR) is 64.5 cm³/mol. The molecule has 5 heteroatoms. The molecule has 1 aromatic rings. The first kappa shape index (κ1) is 13.1. The first-order chi connectivity index (χ1) is 7.67. The Morgan fingerprint density at radius 1 is 1.56 bits per heavy atom. The molecule has 0 fully saturated rings. The molecule has 0 aromatic carbocycles. The predicted octanol–water partition coefficient (Wildman–Crippen LogP) is 1.22. The van der Waals surface area contributed by atoms with Crippen LogP contribution in [0.5, 0.6) is 0 Å². The lowest BCUT2D eigenvalue weighted by atomic mass is 10.3. The van der Waals surface area contributed by atoms with Crippen molar-refractivity contribution in [1.82, 2.24) is 9.88 Å². The van der Waals surface area contributed by atoms with Crippen LogP contribution in [0.3, 0.4) is 0 Å². The maximum Gasteiger partial charge on any atom is 0.228 e. The Bertz CT molecular complexity index is 332. The van der Waals surface area contributed by atoms with Crippen LogP contribution >= 0.6 is 11.3 Å². The van der Waals surface area contributed by atoms with Crippen LogP contribution in [0, 0.1) is 6.92 Å². The van der Waals surface area contributed by atoms with E-state index in [4.69, 9.17) is 5.11 Å². The third kappa shape index (κ3) is 3.90. The number of aliphatic hydroxyl groups excluding tert-OH is 1. The molecule has 0 spiro atoms. The summed E-state index contributed by atoms with van der Waals surface area (Å²) in [5.74, 6) is 0.0428. The second kappa shape index (κ2) is 6.60. The van der Waals surface area contributed by atoms with Crippen LogP contribution in [0.2, 0.25) is 0 Å². The summed E-state index contributed by atoms with van der Waals surface area (Å²) >= 11 is 1.55. The second-order valence-electron chi connectivity index (χ2n) is 3.64. The van der Waals surface area contributed by atoms with Crippen molar-refractivity contribution in [3.8, 4) is 0 Å². The Balaban J connectivity index is 2.54. The average molecular weight is 242 g/mol. The van der Waals surface area contributed by atoms with E-state index in [1.807, 2.05) is 19.2 Å². The molecule has 0 saturated carbocycles. The number of nitrogens with zero attached hydrogens (tertiary/aromatic N) is 2. The standard InChI is InChI=1S/C11H18N2O2S/c1-3-4-13(5-6-14)11(15)7-10-8-16-9(2)12-10/h8,14H,3-7H2,1-2H3. The van der Waals surface area contributed by atoms with Crippen LogP contribution in [0.15, 0.2) is 5.38 Å². The molecule has 0 aliphatic carbocycles. The van der Waals surface area contributed by atoms with Crippen LogP contribution in [0.25, 0.3) is 0 Å². The normalized spacial score (nSPS) is 10.4. The molecule has 1 amide bonds. The largest absolute Gasteiger partial charge is 0.395 e. The van der Waals surface area contributed by atoms with Crippen molar-refractivity contribution < 1.29 is 9.90 Å². The van der Waals surface area contributed by atoms with Gasteiger partial charge in [-0.2, -0.15) is 0 Å². The van der Waals surface area contributed by atoms with Gasteiger partial charge in [0.05, 0.1) is 23.7 Å². The molecule has 0 atom stereocenters. The van der Waals surface area contributed by atoms with Gasteiger partial charge in [-0.15, -0.1) is 11.3 Å². The van der Waals surface area contributed by atoms with Crippen LogP contribution in [0.4, 0.5) is 0 Å². The molecular formula is C11H18N2O2S. The highest BCUT2D eigenvalue weighted by molar-refractivity contribution is 7.09. The van der Waals surface area contributed by atoms with Crippen molar-refractivity contribution in [3.63, 3.8) is 0 Å². The molecule has 0 aliphatic rings. The number of aryl methyl sites for hydroxylation is 1. The highest BCUT2D eigenvalue weighted by atomic mass is 32.1. The van der Waals surface area contributed by atoms with E-state index in [2.05, 4.69) is 4.98 Å². The van der Waals surface area contributed by atoms with Gasteiger partial charge >= 0.3 is 0 Å². The fraction of sp³-hybridized carbons (Fsp3) is 0.636. The van der Waals surface area contributed by atoms with E-state index in [0.717, 1.165) is 17.1 Å². The number of carbonyl (C=O) groups is 1. The minimum atomic E-state index is 0.0157. The number of amides is 1. The highest BCUT2D eigenvalue weighted by Gasteiger charge is 2.13. The number of thiazole rings is 1. The van der Waals surface area contributed by atoms with E-state index in [1.165, 1.54) is 0 Å². The fourth-order valence-electron chi connectivity index (χ4n) is 1.51. The Hall–Kier alpha value is -0.940. The number of hydrogen-bond donors (Lipinski definition) is 1. The molecule has 0 bridgehead atoms. The van der Waals surface area contributed by atoms with E-state index in [-0.39, 0.29) is 12.5 Å². The van der Waals surface area contributed by atoms with Gasteiger partial charge in [0.1, 0.15) is 0 Å².